The SMILES string of the molecule is O=C(O[C@@H]1CCC(F)(F)C1)[C@](O)(c1ccc2c(c1)OCO2)C1CCNCC1. The van der Waals surface area contributed by atoms with Crippen molar-refractivity contribution in [2.24, 2.45) is 5.92 Å². The minimum atomic E-state index is -2.82. The molecule has 3 aliphatic rings. The van der Waals surface area contributed by atoms with E-state index in [1.54, 1.807) is 18.2 Å². The van der Waals surface area contributed by atoms with Gasteiger partial charge < -0.3 is 24.6 Å². The molecule has 2 fully saturated rings. The van der Waals surface area contributed by atoms with Crippen molar-refractivity contribution in [2.75, 3.05) is 19.9 Å². The molecule has 8 heteroatoms. The van der Waals surface area contributed by atoms with Gasteiger partial charge in [-0.25, -0.2) is 13.6 Å². The van der Waals surface area contributed by atoms with Crippen LogP contribution < -0.4 is 14.8 Å². The zero-order chi connectivity index (χ0) is 19.1. The molecule has 1 aliphatic carbocycles. The van der Waals surface area contributed by atoms with Gasteiger partial charge in [-0.15, -0.1) is 0 Å². The summed E-state index contributed by atoms with van der Waals surface area (Å²) in [7, 11) is 0. The van der Waals surface area contributed by atoms with Crippen LogP contribution in [0.2, 0.25) is 0 Å². The van der Waals surface area contributed by atoms with E-state index >= 15 is 0 Å². The van der Waals surface area contributed by atoms with E-state index in [0.717, 1.165) is 0 Å². The Morgan fingerprint density at radius 3 is 2.67 bits per heavy atom. The Kier molecular flexibility index (Phi) is 4.71. The molecule has 4 rings (SSSR count). The Morgan fingerprint density at radius 1 is 1.22 bits per heavy atom. The quantitative estimate of drug-likeness (QED) is 0.778. The zero-order valence-corrected chi connectivity index (χ0v) is 14.9. The van der Waals surface area contributed by atoms with Crippen molar-refractivity contribution in [3.05, 3.63) is 23.8 Å². The minimum absolute atomic E-state index is 0.0756. The maximum atomic E-state index is 13.5. The van der Waals surface area contributed by atoms with Crippen LogP contribution in [0, 0.1) is 5.92 Å². The molecular weight excluding hydrogens is 360 g/mol. The largest absolute Gasteiger partial charge is 0.460 e. The Labute approximate surface area is 155 Å². The van der Waals surface area contributed by atoms with Gasteiger partial charge in [-0.3, -0.25) is 0 Å². The summed E-state index contributed by atoms with van der Waals surface area (Å²) in [6, 6.07) is 4.83. The highest BCUT2D eigenvalue weighted by atomic mass is 19.3. The van der Waals surface area contributed by atoms with Gasteiger partial charge in [-0.2, -0.15) is 0 Å². The second-order valence-electron chi connectivity index (χ2n) is 7.48. The fraction of sp³-hybridized carbons (Fsp3) is 0.632. The summed E-state index contributed by atoms with van der Waals surface area (Å²) in [5.41, 5.74) is -1.57. The summed E-state index contributed by atoms with van der Waals surface area (Å²) in [4.78, 5) is 13.0. The molecule has 2 heterocycles. The van der Waals surface area contributed by atoms with E-state index < -0.39 is 30.0 Å². The van der Waals surface area contributed by atoms with Gasteiger partial charge >= 0.3 is 5.97 Å². The lowest BCUT2D eigenvalue weighted by Crippen LogP contribution is -2.49. The average Bonchev–Trinajstić information content (AvgIpc) is 3.26. The summed E-state index contributed by atoms with van der Waals surface area (Å²) in [5.74, 6) is -3.09. The van der Waals surface area contributed by atoms with Crippen LogP contribution in [0.25, 0.3) is 0 Å². The van der Waals surface area contributed by atoms with Crippen LogP contribution in [0.3, 0.4) is 0 Å². The summed E-state index contributed by atoms with van der Waals surface area (Å²) < 4.78 is 43.0. The van der Waals surface area contributed by atoms with Crippen molar-refractivity contribution in [1.82, 2.24) is 5.32 Å². The third-order valence-electron chi connectivity index (χ3n) is 5.69. The lowest BCUT2D eigenvalue weighted by molar-refractivity contribution is -0.181. The Hall–Kier alpha value is -1.93. The molecule has 2 aliphatic heterocycles. The maximum absolute atomic E-state index is 13.5. The number of nitrogens with one attached hydrogen (secondary N) is 1. The number of halogens is 2. The third kappa shape index (κ3) is 3.48. The summed E-state index contributed by atoms with van der Waals surface area (Å²) >= 11 is 0. The van der Waals surface area contributed by atoms with Gasteiger partial charge in [0.15, 0.2) is 17.1 Å². The van der Waals surface area contributed by atoms with Gasteiger partial charge in [0.1, 0.15) is 6.10 Å². The summed E-state index contributed by atoms with van der Waals surface area (Å²) in [6.07, 6.45) is -0.443. The highest BCUT2D eigenvalue weighted by Gasteiger charge is 2.50. The van der Waals surface area contributed by atoms with Gasteiger partial charge in [-0.1, -0.05) is 6.07 Å². The number of hydrogen-bond donors (Lipinski definition) is 2. The van der Waals surface area contributed by atoms with Crippen LogP contribution in [0.5, 0.6) is 11.5 Å². The predicted octanol–water partition coefficient (Wildman–Crippen LogP) is 2.33. The first kappa shape index (κ1) is 18.4. The number of ether oxygens (including phenoxy) is 3. The third-order valence-corrected chi connectivity index (χ3v) is 5.69. The number of rotatable bonds is 4. The van der Waals surface area contributed by atoms with Crippen molar-refractivity contribution >= 4 is 5.97 Å². The molecular formula is C19H23F2NO5. The topological polar surface area (TPSA) is 77.0 Å². The molecule has 0 bridgehead atoms. The van der Waals surface area contributed by atoms with Crippen LogP contribution in [0.1, 0.15) is 37.7 Å². The lowest BCUT2D eigenvalue weighted by Gasteiger charge is -2.37. The van der Waals surface area contributed by atoms with Gasteiger partial charge in [0, 0.05) is 18.8 Å². The zero-order valence-electron chi connectivity index (χ0n) is 14.9. The van der Waals surface area contributed by atoms with Crippen LogP contribution in [0.15, 0.2) is 18.2 Å². The Balaban J connectivity index is 1.62. The fourth-order valence-electron chi connectivity index (χ4n) is 4.14. The number of benzene rings is 1. The van der Waals surface area contributed by atoms with Crippen LogP contribution >= 0.6 is 0 Å². The number of aliphatic hydroxyl groups is 1. The Bertz CT molecular complexity index is 722. The van der Waals surface area contributed by atoms with Crippen molar-refractivity contribution in [3.8, 4) is 11.5 Å². The standard InChI is InChI=1S/C19H23F2NO5/c20-18(21)6-3-14(10-18)27-17(23)19(24,12-4-7-22-8-5-12)13-1-2-15-16(9-13)26-11-25-15/h1-2,9,12,14,22,24H,3-8,10-11H2/t14-,19-/m1/s1. The number of esters is 1. The Morgan fingerprint density at radius 2 is 1.96 bits per heavy atom. The van der Waals surface area contributed by atoms with E-state index in [4.69, 9.17) is 14.2 Å². The molecule has 0 spiro atoms. The molecule has 2 atom stereocenters. The molecule has 0 unspecified atom stereocenters. The van der Waals surface area contributed by atoms with E-state index in [-0.39, 0.29) is 25.6 Å². The molecule has 0 radical (unpaired) electrons. The molecule has 1 saturated heterocycles. The molecule has 2 N–H and O–H groups in total. The van der Waals surface area contributed by atoms with Gasteiger partial charge in [0.2, 0.25) is 6.79 Å². The minimum Gasteiger partial charge on any atom is -0.460 e. The molecule has 1 aromatic rings. The molecule has 148 valence electrons. The molecule has 27 heavy (non-hydrogen) atoms. The molecule has 1 saturated carbocycles. The van der Waals surface area contributed by atoms with Crippen LogP contribution in [-0.2, 0) is 15.1 Å². The normalized spacial score (nSPS) is 26.6. The highest BCUT2D eigenvalue weighted by Crippen LogP contribution is 2.43. The number of alkyl halides is 2. The number of hydrogen-bond acceptors (Lipinski definition) is 6. The second kappa shape index (κ2) is 6.91. The number of fused-ring (bicyclic) bond motifs is 1. The molecule has 0 aromatic heterocycles. The first-order valence-corrected chi connectivity index (χ1v) is 9.31. The maximum Gasteiger partial charge on any atom is 0.343 e. The lowest BCUT2D eigenvalue weighted by atomic mass is 9.76. The van der Waals surface area contributed by atoms with E-state index in [9.17, 15) is 18.7 Å². The summed E-state index contributed by atoms with van der Waals surface area (Å²) in [5, 5.41) is 14.7. The number of piperidine rings is 1. The monoisotopic (exact) mass is 383 g/mol. The predicted molar refractivity (Wildman–Crippen MR) is 90.7 cm³/mol. The van der Waals surface area contributed by atoms with Crippen molar-refractivity contribution in [2.45, 2.75) is 49.7 Å². The average molecular weight is 383 g/mol. The highest BCUT2D eigenvalue weighted by molar-refractivity contribution is 5.82. The molecule has 0 amide bonds. The second-order valence-corrected chi connectivity index (χ2v) is 7.48. The van der Waals surface area contributed by atoms with E-state index in [2.05, 4.69) is 5.32 Å². The summed E-state index contributed by atoms with van der Waals surface area (Å²) in [6.45, 7) is 1.39. The fourth-order valence-corrected chi connectivity index (χ4v) is 4.14. The van der Waals surface area contributed by atoms with Crippen LogP contribution in [0.4, 0.5) is 8.78 Å². The van der Waals surface area contributed by atoms with Gasteiger partial charge in [0.05, 0.1) is 0 Å². The number of carbonyl (C=O) groups excluding carboxylic acids is 1. The van der Waals surface area contributed by atoms with Crippen molar-refractivity contribution in [1.29, 1.82) is 0 Å². The van der Waals surface area contributed by atoms with Crippen molar-refractivity contribution in [3.63, 3.8) is 0 Å². The molecule has 1 aromatic carbocycles. The smallest absolute Gasteiger partial charge is 0.343 e. The van der Waals surface area contributed by atoms with E-state index in [1.165, 1.54) is 0 Å². The van der Waals surface area contributed by atoms with Gasteiger partial charge in [0.25, 0.3) is 5.92 Å². The number of carbonyl (C=O) groups is 1. The van der Waals surface area contributed by atoms with Crippen molar-refractivity contribution < 1.29 is 32.9 Å². The molecule has 6 nitrogen and oxygen atoms in total. The first-order valence-electron chi connectivity index (χ1n) is 9.31. The van der Waals surface area contributed by atoms with Crippen LogP contribution in [-0.4, -0.2) is 43.0 Å². The van der Waals surface area contributed by atoms with E-state index in [1.807, 2.05) is 0 Å². The first-order chi connectivity index (χ1) is 12.9. The van der Waals surface area contributed by atoms with E-state index in [0.29, 0.717) is 43.0 Å². The van der Waals surface area contributed by atoms with Gasteiger partial charge in [-0.05, 0) is 50.0 Å².